The zero-order valence-corrected chi connectivity index (χ0v) is 12.3. The smallest absolute Gasteiger partial charge is 0.308 e. The van der Waals surface area contributed by atoms with Gasteiger partial charge in [0.05, 0.1) is 18.6 Å². The van der Waals surface area contributed by atoms with Crippen LogP contribution in [0.2, 0.25) is 0 Å². The number of hydrogen-bond acceptors (Lipinski definition) is 3. The van der Waals surface area contributed by atoms with E-state index in [0.717, 1.165) is 19.3 Å². The average molecular weight is 263 g/mol. The number of ether oxygens (including phenoxy) is 1. The summed E-state index contributed by atoms with van der Waals surface area (Å²) in [6.45, 7) is 6.78. The van der Waals surface area contributed by atoms with Gasteiger partial charge in [-0.3, -0.25) is 4.79 Å². The van der Waals surface area contributed by atoms with E-state index in [0.29, 0.717) is 30.3 Å². The minimum atomic E-state index is -0.0479. The first-order valence-corrected chi connectivity index (χ1v) is 7.57. The molecule has 5 atom stereocenters. The van der Waals surface area contributed by atoms with E-state index in [1.807, 2.05) is 6.92 Å². The van der Waals surface area contributed by atoms with Crippen molar-refractivity contribution in [2.24, 2.45) is 35.5 Å². The molecule has 3 nitrogen and oxygen atoms in total. The van der Waals surface area contributed by atoms with Crippen molar-refractivity contribution >= 4 is 5.97 Å². The topological polar surface area (TPSA) is 50.1 Å². The van der Waals surface area contributed by atoms with Gasteiger partial charge in [0.1, 0.15) is 0 Å². The molecule has 2 fully saturated rings. The Labute approximate surface area is 116 Å². The second-order valence-corrected chi connectivity index (χ2v) is 6.88. The van der Waals surface area contributed by atoms with E-state index in [2.05, 4.69) is 19.9 Å². The quantitative estimate of drug-likeness (QED) is 0.714. The van der Waals surface area contributed by atoms with Gasteiger partial charge in [0.25, 0.3) is 0 Å². The molecule has 0 N–H and O–H groups in total. The summed E-state index contributed by atoms with van der Waals surface area (Å²) in [7, 11) is 0. The van der Waals surface area contributed by atoms with Crippen LogP contribution < -0.4 is 0 Å². The standard InChI is InChI=1S/C16H25NO2/c1-10(2)4-11(3)16(18)19-9-15-7-12-5-13(15)6-14(12)8-17/h10-15H,4-7,9H2,1-3H3. The molecule has 2 bridgehead atoms. The van der Waals surface area contributed by atoms with Crippen LogP contribution in [-0.2, 0) is 9.53 Å². The molecule has 0 aromatic heterocycles. The predicted molar refractivity (Wildman–Crippen MR) is 73.0 cm³/mol. The van der Waals surface area contributed by atoms with Crippen molar-refractivity contribution in [3.8, 4) is 6.07 Å². The highest BCUT2D eigenvalue weighted by Crippen LogP contribution is 2.51. The summed E-state index contributed by atoms with van der Waals surface area (Å²) >= 11 is 0. The van der Waals surface area contributed by atoms with E-state index in [9.17, 15) is 4.79 Å². The summed E-state index contributed by atoms with van der Waals surface area (Å²) in [6, 6.07) is 2.41. The first-order chi connectivity index (χ1) is 9.01. The molecule has 19 heavy (non-hydrogen) atoms. The third kappa shape index (κ3) is 3.29. The number of carbonyl (C=O) groups excluding carboxylic acids is 1. The minimum Gasteiger partial charge on any atom is -0.465 e. The van der Waals surface area contributed by atoms with Gasteiger partial charge in [-0.2, -0.15) is 5.26 Å². The second kappa shape index (κ2) is 5.94. The van der Waals surface area contributed by atoms with Gasteiger partial charge in [-0.05, 0) is 49.4 Å². The summed E-state index contributed by atoms with van der Waals surface area (Å²) in [5.41, 5.74) is 0. The van der Waals surface area contributed by atoms with E-state index in [1.165, 1.54) is 6.42 Å². The Morgan fingerprint density at radius 2 is 2.00 bits per heavy atom. The summed E-state index contributed by atoms with van der Waals surface area (Å²) < 4.78 is 5.49. The molecule has 0 heterocycles. The van der Waals surface area contributed by atoms with Crippen molar-refractivity contribution in [2.75, 3.05) is 6.61 Å². The Morgan fingerprint density at radius 1 is 1.26 bits per heavy atom. The van der Waals surface area contributed by atoms with Crippen molar-refractivity contribution in [1.29, 1.82) is 5.26 Å². The van der Waals surface area contributed by atoms with Crippen LogP contribution in [0.1, 0.15) is 46.5 Å². The van der Waals surface area contributed by atoms with E-state index in [1.54, 1.807) is 0 Å². The van der Waals surface area contributed by atoms with Gasteiger partial charge in [0, 0.05) is 5.92 Å². The third-order valence-corrected chi connectivity index (χ3v) is 4.84. The summed E-state index contributed by atoms with van der Waals surface area (Å²) in [6.07, 6.45) is 4.16. The lowest BCUT2D eigenvalue weighted by molar-refractivity contribution is -0.150. The van der Waals surface area contributed by atoms with Gasteiger partial charge in [0.2, 0.25) is 0 Å². The molecule has 0 spiro atoms. The van der Waals surface area contributed by atoms with Crippen molar-refractivity contribution in [3.63, 3.8) is 0 Å². The maximum Gasteiger partial charge on any atom is 0.308 e. The summed E-state index contributed by atoms with van der Waals surface area (Å²) in [5.74, 6) is 2.43. The molecule has 0 aromatic rings. The number of nitriles is 1. The summed E-state index contributed by atoms with van der Waals surface area (Å²) in [5, 5.41) is 9.01. The number of rotatable bonds is 5. The van der Waals surface area contributed by atoms with Gasteiger partial charge in [0.15, 0.2) is 0 Å². The van der Waals surface area contributed by atoms with Crippen LogP contribution in [0.25, 0.3) is 0 Å². The van der Waals surface area contributed by atoms with E-state index >= 15 is 0 Å². The molecule has 5 unspecified atom stereocenters. The zero-order chi connectivity index (χ0) is 14.0. The van der Waals surface area contributed by atoms with E-state index in [4.69, 9.17) is 10.00 Å². The normalized spacial score (nSPS) is 34.3. The van der Waals surface area contributed by atoms with Gasteiger partial charge in [-0.1, -0.05) is 20.8 Å². The lowest BCUT2D eigenvalue weighted by atomic mass is 9.83. The molecule has 0 aliphatic heterocycles. The molecule has 0 aromatic carbocycles. The minimum absolute atomic E-state index is 0.00504. The number of hydrogen-bond donors (Lipinski definition) is 0. The molecule has 2 saturated carbocycles. The van der Waals surface area contributed by atoms with Crippen molar-refractivity contribution < 1.29 is 9.53 Å². The molecule has 2 aliphatic rings. The highest BCUT2D eigenvalue weighted by Gasteiger charge is 2.46. The summed E-state index contributed by atoms with van der Waals surface area (Å²) in [4.78, 5) is 11.9. The number of nitrogens with zero attached hydrogens (tertiary/aromatic N) is 1. The third-order valence-electron chi connectivity index (χ3n) is 4.84. The maximum absolute atomic E-state index is 11.9. The van der Waals surface area contributed by atoms with Crippen LogP contribution in [0.3, 0.4) is 0 Å². The van der Waals surface area contributed by atoms with Crippen molar-refractivity contribution in [3.05, 3.63) is 0 Å². The van der Waals surface area contributed by atoms with Crippen molar-refractivity contribution in [1.82, 2.24) is 0 Å². The Bertz CT molecular complexity index is 371. The van der Waals surface area contributed by atoms with E-state index in [-0.39, 0.29) is 17.8 Å². The van der Waals surface area contributed by atoms with Gasteiger partial charge in [-0.25, -0.2) is 0 Å². The lowest BCUT2D eigenvalue weighted by Gasteiger charge is -2.24. The van der Waals surface area contributed by atoms with E-state index < -0.39 is 0 Å². The van der Waals surface area contributed by atoms with Crippen LogP contribution in [0, 0.1) is 46.8 Å². The first-order valence-electron chi connectivity index (χ1n) is 7.57. The fourth-order valence-corrected chi connectivity index (χ4v) is 3.89. The predicted octanol–water partition coefficient (Wildman–Crippen LogP) is 3.40. The Morgan fingerprint density at radius 3 is 2.53 bits per heavy atom. The second-order valence-electron chi connectivity index (χ2n) is 6.88. The fraction of sp³-hybridized carbons (Fsp3) is 0.875. The zero-order valence-electron chi connectivity index (χ0n) is 12.3. The fourth-order valence-electron chi connectivity index (χ4n) is 3.89. The largest absolute Gasteiger partial charge is 0.465 e. The molecule has 3 heteroatoms. The van der Waals surface area contributed by atoms with Gasteiger partial charge >= 0.3 is 5.97 Å². The Balaban J connectivity index is 1.73. The van der Waals surface area contributed by atoms with Crippen LogP contribution in [0.5, 0.6) is 0 Å². The molecule has 0 amide bonds. The molecular weight excluding hydrogens is 238 g/mol. The van der Waals surface area contributed by atoms with Crippen LogP contribution in [0.15, 0.2) is 0 Å². The van der Waals surface area contributed by atoms with Crippen LogP contribution >= 0.6 is 0 Å². The van der Waals surface area contributed by atoms with Crippen LogP contribution in [0.4, 0.5) is 0 Å². The highest BCUT2D eigenvalue weighted by atomic mass is 16.5. The van der Waals surface area contributed by atoms with Gasteiger partial charge < -0.3 is 4.74 Å². The molecular formula is C16H25NO2. The average Bonchev–Trinajstić information content (AvgIpc) is 2.93. The Hall–Kier alpha value is -1.04. The number of carbonyl (C=O) groups is 1. The molecule has 2 aliphatic carbocycles. The lowest BCUT2D eigenvalue weighted by Crippen LogP contribution is -2.25. The Kier molecular flexibility index (Phi) is 4.50. The number of esters is 1. The highest BCUT2D eigenvalue weighted by molar-refractivity contribution is 5.71. The van der Waals surface area contributed by atoms with Crippen LogP contribution in [-0.4, -0.2) is 12.6 Å². The molecule has 0 saturated heterocycles. The monoisotopic (exact) mass is 263 g/mol. The number of fused-ring (bicyclic) bond motifs is 2. The molecule has 0 radical (unpaired) electrons. The SMILES string of the molecule is CC(C)CC(C)C(=O)OCC1CC2CC1CC2C#N. The van der Waals surface area contributed by atoms with Crippen molar-refractivity contribution in [2.45, 2.75) is 46.5 Å². The first kappa shape index (κ1) is 14.4. The van der Waals surface area contributed by atoms with Gasteiger partial charge in [-0.15, -0.1) is 0 Å². The molecule has 106 valence electrons. The maximum atomic E-state index is 11.9. The molecule has 2 rings (SSSR count).